The third-order valence-electron chi connectivity index (χ3n) is 3.73. The monoisotopic (exact) mass is 263 g/mol. The normalized spacial score (nSPS) is 18.8. The molecule has 106 valence electrons. The lowest BCUT2D eigenvalue weighted by Gasteiger charge is -2.33. The van der Waals surface area contributed by atoms with Gasteiger partial charge in [0.25, 0.3) is 0 Å². The molecule has 2 rings (SSSR count). The highest BCUT2D eigenvalue weighted by atomic mass is 16.7. The van der Waals surface area contributed by atoms with Crippen molar-refractivity contribution in [2.45, 2.75) is 52.0 Å². The molecule has 1 aliphatic rings. The summed E-state index contributed by atoms with van der Waals surface area (Å²) in [6.07, 6.45) is 2.23. The molecular weight excluding hydrogens is 238 g/mol. The van der Waals surface area contributed by atoms with Gasteiger partial charge < -0.3 is 14.4 Å². The average molecular weight is 263 g/mol. The number of ether oxygens (including phenoxy) is 2. The fourth-order valence-corrected chi connectivity index (χ4v) is 2.48. The molecule has 0 aromatic heterocycles. The van der Waals surface area contributed by atoms with Crippen molar-refractivity contribution in [3.8, 4) is 5.75 Å². The van der Waals surface area contributed by atoms with Crippen LogP contribution in [0.4, 0.5) is 0 Å². The number of hydrogen-bond donors (Lipinski definition) is 0. The smallest absolute Gasteiger partial charge is 0.205 e. The summed E-state index contributed by atoms with van der Waals surface area (Å²) in [5, 5.41) is 0. The number of hydrogen-bond acceptors (Lipinski definition) is 3. The van der Waals surface area contributed by atoms with Crippen LogP contribution in [-0.4, -0.2) is 30.8 Å². The number of likely N-dealkylation sites (N-methyl/N-ethyl adjacent to an activating group) is 1. The molecular formula is C16H25NO2. The molecule has 0 fully saturated rings. The second-order valence-corrected chi connectivity index (χ2v) is 5.96. The maximum Gasteiger partial charge on any atom is 0.205 e. The van der Waals surface area contributed by atoms with Gasteiger partial charge in [0.05, 0.1) is 6.61 Å². The molecule has 0 bridgehead atoms. The molecule has 19 heavy (non-hydrogen) atoms. The predicted molar refractivity (Wildman–Crippen MR) is 77.4 cm³/mol. The third kappa shape index (κ3) is 3.48. The summed E-state index contributed by atoms with van der Waals surface area (Å²) in [7, 11) is 4.28. The Hall–Kier alpha value is -1.06. The number of rotatable bonds is 4. The van der Waals surface area contributed by atoms with Crippen molar-refractivity contribution in [2.75, 3.05) is 14.1 Å². The zero-order valence-electron chi connectivity index (χ0n) is 12.7. The van der Waals surface area contributed by atoms with Crippen molar-refractivity contribution in [1.82, 2.24) is 4.90 Å². The van der Waals surface area contributed by atoms with Gasteiger partial charge in [0, 0.05) is 25.5 Å². The Kier molecular flexibility index (Phi) is 4.16. The number of fused-ring (bicyclic) bond motifs is 1. The van der Waals surface area contributed by atoms with Gasteiger partial charge in [-0.25, -0.2) is 0 Å². The van der Waals surface area contributed by atoms with Crippen molar-refractivity contribution in [3.05, 3.63) is 29.3 Å². The molecule has 1 atom stereocenters. The van der Waals surface area contributed by atoms with Gasteiger partial charge in [-0.05, 0) is 44.6 Å². The van der Waals surface area contributed by atoms with Crippen LogP contribution in [0.1, 0.15) is 38.3 Å². The maximum absolute atomic E-state index is 5.82. The standard InChI is InChI=1S/C16H25NO2/c1-6-14(17(4)5)10-12-7-8-15-13(9-12)11-18-16(2,3)19-15/h7-9,14H,6,10-11H2,1-5H3/t14-/m1/s1. The first-order chi connectivity index (χ1) is 8.91. The molecule has 1 aromatic carbocycles. The molecule has 0 aliphatic carbocycles. The number of nitrogens with zero attached hydrogens (tertiary/aromatic N) is 1. The van der Waals surface area contributed by atoms with Gasteiger partial charge in [0.15, 0.2) is 0 Å². The van der Waals surface area contributed by atoms with Gasteiger partial charge in [-0.1, -0.05) is 13.0 Å². The highest BCUT2D eigenvalue weighted by Gasteiger charge is 2.27. The summed E-state index contributed by atoms with van der Waals surface area (Å²) in [4.78, 5) is 2.29. The second-order valence-electron chi connectivity index (χ2n) is 5.96. The minimum atomic E-state index is -0.510. The summed E-state index contributed by atoms with van der Waals surface area (Å²) in [5.41, 5.74) is 2.51. The van der Waals surface area contributed by atoms with Crippen LogP contribution in [0.25, 0.3) is 0 Å². The molecule has 3 heteroatoms. The van der Waals surface area contributed by atoms with E-state index in [2.05, 4.69) is 44.1 Å². The van der Waals surface area contributed by atoms with Gasteiger partial charge >= 0.3 is 0 Å². The minimum Gasteiger partial charge on any atom is -0.463 e. The lowest BCUT2D eigenvalue weighted by Crippen LogP contribution is -2.35. The number of benzene rings is 1. The highest BCUT2D eigenvalue weighted by Crippen LogP contribution is 2.32. The van der Waals surface area contributed by atoms with E-state index in [0.717, 1.165) is 24.2 Å². The Balaban J connectivity index is 2.14. The molecule has 0 radical (unpaired) electrons. The molecule has 1 aliphatic heterocycles. The quantitative estimate of drug-likeness (QED) is 0.832. The lowest BCUT2D eigenvalue weighted by atomic mass is 10.0. The van der Waals surface area contributed by atoms with Crippen LogP contribution >= 0.6 is 0 Å². The fourth-order valence-electron chi connectivity index (χ4n) is 2.48. The first kappa shape index (κ1) is 14.4. The SMILES string of the molecule is CC[C@H](Cc1ccc2c(c1)COC(C)(C)O2)N(C)C. The van der Waals surface area contributed by atoms with Crippen molar-refractivity contribution < 1.29 is 9.47 Å². The largest absolute Gasteiger partial charge is 0.463 e. The Morgan fingerprint density at radius 3 is 2.68 bits per heavy atom. The summed E-state index contributed by atoms with van der Waals surface area (Å²) >= 11 is 0. The van der Waals surface area contributed by atoms with Crippen molar-refractivity contribution in [3.63, 3.8) is 0 Å². The summed E-state index contributed by atoms with van der Waals surface area (Å²) < 4.78 is 11.5. The van der Waals surface area contributed by atoms with Crippen molar-refractivity contribution in [2.24, 2.45) is 0 Å². The van der Waals surface area contributed by atoms with Crippen LogP contribution in [0, 0.1) is 0 Å². The molecule has 0 N–H and O–H groups in total. The van der Waals surface area contributed by atoms with Crippen molar-refractivity contribution in [1.29, 1.82) is 0 Å². The third-order valence-corrected chi connectivity index (χ3v) is 3.73. The van der Waals surface area contributed by atoms with Gasteiger partial charge in [-0.3, -0.25) is 0 Å². The first-order valence-corrected chi connectivity index (χ1v) is 7.02. The zero-order valence-corrected chi connectivity index (χ0v) is 12.7. The van der Waals surface area contributed by atoms with E-state index in [9.17, 15) is 0 Å². The van der Waals surface area contributed by atoms with E-state index < -0.39 is 5.79 Å². The van der Waals surface area contributed by atoms with E-state index in [1.54, 1.807) is 0 Å². The maximum atomic E-state index is 5.82. The van der Waals surface area contributed by atoms with E-state index in [1.165, 1.54) is 5.56 Å². The first-order valence-electron chi connectivity index (χ1n) is 7.02. The van der Waals surface area contributed by atoms with E-state index >= 15 is 0 Å². The predicted octanol–water partition coefficient (Wildman–Crippen LogP) is 3.21. The fraction of sp³-hybridized carbons (Fsp3) is 0.625. The summed E-state index contributed by atoms with van der Waals surface area (Å²) in [6, 6.07) is 7.06. The van der Waals surface area contributed by atoms with Crippen LogP contribution in [0.3, 0.4) is 0 Å². The summed E-state index contributed by atoms with van der Waals surface area (Å²) in [5.74, 6) is 0.447. The summed E-state index contributed by atoms with van der Waals surface area (Å²) in [6.45, 7) is 6.76. The highest BCUT2D eigenvalue weighted by molar-refractivity contribution is 5.38. The Morgan fingerprint density at radius 2 is 2.05 bits per heavy atom. The second kappa shape index (κ2) is 5.51. The van der Waals surface area contributed by atoms with E-state index in [4.69, 9.17) is 9.47 Å². The lowest BCUT2D eigenvalue weighted by molar-refractivity contribution is -0.180. The van der Waals surface area contributed by atoms with E-state index in [-0.39, 0.29) is 0 Å². The molecule has 0 saturated carbocycles. The molecule has 1 aromatic rings. The van der Waals surface area contributed by atoms with Crippen LogP contribution < -0.4 is 4.74 Å². The van der Waals surface area contributed by atoms with Crippen LogP contribution in [0.2, 0.25) is 0 Å². The molecule has 3 nitrogen and oxygen atoms in total. The van der Waals surface area contributed by atoms with E-state index in [1.807, 2.05) is 13.8 Å². The van der Waals surface area contributed by atoms with Gasteiger partial charge in [-0.2, -0.15) is 0 Å². The van der Waals surface area contributed by atoms with Crippen LogP contribution in [0.5, 0.6) is 5.75 Å². The van der Waals surface area contributed by atoms with Gasteiger partial charge in [0.2, 0.25) is 5.79 Å². The zero-order chi connectivity index (χ0) is 14.0. The average Bonchev–Trinajstić information content (AvgIpc) is 2.34. The topological polar surface area (TPSA) is 21.7 Å². The van der Waals surface area contributed by atoms with Gasteiger partial charge in [-0.15, -0.1) is 0 Å². The van der Waals surface area contributed by atoms with Crippen molar-refractivity contribution >= 4 is 0 Å². The Labute approximate surface area is 116 Å². The minimum absolute atomic E-state index is 0.510. The molecule has 0 unspecified atom stereocenters. The molecule has 1 heterocycles. The molecule has 0 spiro atoms. The van der Waals surface area contributed by atoms with Gasteiger partial charge in [0.1, 0.15) is 5.75 Å². The van der Waals surface area contributed by atoms with Crippen LogP contribution in [0.15, 0.2) is 18.2 Å². The Morgan fingerprint density at radius 1 is 1.32 bits per heavy atom. The Bertz CT molecular complexity index is 440. The van der Waals surface area contributed by atoms with Crippen LogP contribution in [-0.2, 0) is 17.8 Å². The molecule has 0 saturated heterocycles. The van der Waals surface area contributed by atoms with E-state index in [0.29, 0.717) is 12.6 Å². The molecule has 0 amide bonds.